The molecule has 4 aliphatic rings. The topological polar surface area (TPSA) is 156 Å². The van der Waals surface area contributed by atoms with Gasteiger partial charge < -0.3 is 45.0 Å². The first-order valence-electron chi connectivity index (χ1n) is 21.2. The van der Waals surface area contributed by atoms with Crippen molar-refractivity contribution in [2.45, 2.75) is 105 Å². The van der Waals surface area contributed by atoms with E-state index in [-0.39, 0.29) is 49.1 Å². The van der Waals surface area contributed by atoms with Gasteiger partial charge in [-0.15, -0.1) is 0 Å². The molecule has 4 amide bonds. The Kier molecular flexibility index (Phi) is 20.1. The molecule has 0 bridgehead atoms. The summed E-state index contributed by atoms with van der Waals surface area (Å²) in [6, 6.07) is 11.6. The van der Waals surface area contributed by atoms with Crippen molar-refractivity contribution in [2.24, 2.45) is 0 Å². The molecule has 62 heavy (non-hydrogen) atoms. The number of hydrogen-bond acceptors (Lipinski definition) is 11. The quantitative estimate of drug-likeness (QED) is 0.263. The Labute approximate surface area is 379 Å². The molecule has 2 unspecified atom stereocenters. The van der Waals surface area contributed by atoms with Crippen LogP contribution in [0.25, 0.3) is 0 Å². The number of anilines is 2. The average Bonchev–Trinajstić information content (AvgIpc) is 3.84. The van der Waals surface area contributed by atoms with E-state index in [0.717, 1.165) is 96.0 Å². The summed E-state index contributed by atoms with van der Waals surface area (Å²) in [4.78, 5) is 67.4. The van der Waals surface area contributed by atoms with Crippen LogP contribution >= 0.6 is 23.2 Å². The van der Waals surface area contributed by atoms with E-state index >= 15 is 0 Å². The third-order valence-corrected chi connectivity index (χ3v) is 10.7. The van der Waals surface area contributed by atoms with Gasteiger partial charge in [0.2, 0.25) is 11.8 Å². The second-order valence-corrected chi connectivity index (χ2v) is 18.7. The van der Waals surface area contributed by atoms with Crippen molar-refractivity contribution in [3.8, 4) is 0 Å². The van der Waals surface area contributed by atoms with Crippen LogP contribution < -0.4 is 25.8 Å². The summed E-state index contributed by atoms with van der Waals surface area (Å²) < 4.78 is 10.7. The number of halogens is 2. The number of piperazine rings is 2. The summed E-state index contributed by atoms with van der Waals surface area (Å²) >= 11 is 12.3. The van der Waals surface area contributed by atoms with Gasteiger partial charge in [0.1, 0.15) is 11.2 Å². The van der Waals surface area contributed by atoms with Crippen LogP contribution in [0.2, 0.25) is 10.0 Å². The van der Waals surface area contributed by atoms with Crippen molar-refractivity contribution in [1.82, 2.24) is 30.7 Å². The SMILES string of the molecule is C.CC(=O)NC1CCN(c2cc(Cl)ccc2C=O)C1.CC(=O)NC1CCN(c2cc(Cl)ccc2CN2CCN(C(=O)OC(C)(C)C)CC2)C1.CC(C)(C)OC(=O)N1CCNCC1. The Morgan fingerprint density at radius 2 is 1.15 bits per heavy atom. The predicted octanol–water partition coefficient (Wildman–Crippen LogP) is 6.44. The van der Waals surface area contributed by atoms with Crippen LogP contribution in [0.3, 0.4) is 0 Å². The predicted molar refractivity (Wildman–Crippen MR) is 248 cm³/mol. The Hall–Kier alpha value is -4.31. The second-order valence-electron chi connectivity index (χ2n) is 17.8. The van der Waals surface area contributed by atoms with Crippen LogP contribution in [-0.2, 0) is 25.6 Å². The molecule has 15 nitrogen and oxygen atoms in total. The molecular formula is C45H70Cl2N8O7. The van der Waals surface area contributed by atoms with Crippen LogP contribution in [0.5, 0.6) is 0 Å². The van der Waals surface area contributed by atoms with Crippen LogP contribution in [-0.4, -0.2) is 147 Å². The fraction of sp³-hybridized carbons (Fsp3) is 0.622. The van der Waals surface area contributed by atoms with Gasteiger partial charge in [-0.25, -0.2) is 9.59 Å². The lowest BCUT2D eigenvalue weighted by molar-refractivity contribution is -0.120. The van der Waals surface area contributed by atoms with Gasteiger partial charge in [-0.2, -0.15) is 0 Å². The first kappa shape index (κ1) is 52.0. The van der Waals surface area contributed by atoms with Crippen molar-refractivity contribution < 1.29 is 33.4 Å². The number of hydrogen-bond donors (Lipinski definition) is 3. The van der Waals surface area contributed by atoms with Crippen molar-refractivity contribution in [3.63, 3.8) is 0 Å². The smallest absolute Gasteiger partial charge is 0.410 e. The van der Waals surface area contributed by atoms with Gasteiger partial charge in [0, 0.05) is 138 Å². The van der Waals surface area contributed by atoms with E-state index in [1.165, 1.54) is 12.5 Å². The summed E-state index contributed by atoms with van der Waals surface area (Å²) in [5.74, 6) is -0.0143. The highest BCUT2D eigenvalue weighted by atomic mass is 35.5. The van der Waals surface area contributed by atoms with Crippen LogP contribution in [0.1, 0.15) is 91.6 Å². The minimum atomic E-state index is -0.475. The summed E-state index contributed by atoms with van der Waals surface area (Å²) in [5, 5.41) is 10.4. The maximum absolute atomic E-state index is 12.3. The van der Waals surface area contributed by atoms with Crippen LogP contribution in [0.4, 0.5) is 21.0 Å². The van der Waals surface area contributed by atoms with Crippen molar-refractivity contribution in [2.75, 3.05) is 88.3 Å². The number of aldehydes is 1. The zero-order chi connectivity index (χ0) is 44.9. The summed E-state index contributed by atoms with van der Waals surface area (Å²) in [5.41, 5.74) is 2.95. The molecule has 4 heterocycles. The van der Waals surface area contributed by atoms with E-state index in [4.69, 9.17) is 32.7 Å². The lowest BCUT2D eigenvalue weighted by Crippen LogP contribution is -2.49. The highest BCUT2D eigenvalue weighted by Crippen LogP contribution is 2.30. The maximum Gasteiger partial charge on any atom is 0.410 e. The van der Waals surface area contributed by atoms with Crippen molar-refractivity contribution in [1.29, 1.82) is 0 Å². The molecule has 4 aliphatic heterocycles. The minimum Gasteiger partial charge on any atom is -0.444 e. The van der Waals surface area contributed by atoms with Gasteiger partial charge in [-0.1, -0.05) is 36.7 Å². The molecule has 4 fully saturated rings. The van der Waals surface area contributed by atoms with Crippen LogP contribution in [0, 0.1) is 0 Å². The van der Waals surface area contributed by atoms with Crippen molar-refractivity contribution in [3.05, 3.63) is 57.6 Å². The number of amides is 4. The molecule has 17 heteroatoms. The van der Waals surface area contributed by atoms with Gasteiger partial charge >= 0.3 is 12.2 Å². The second kappa shape index (κ2) is 23.9. The molecule has 346 valence electrons. The molecule has 0 aromatic heterocycles. The Morgan fingerprint density at radius 3 is 1.61 bits per heavy atom. The molecule has 3 N–H and O–H groups in total. The van der Waals surface area contributed by atoms with E-state index in [1.807, 2.05) is 53.7 Å². The summed E-state index contributed by atoms with van der Waals surface area (Å²) in [7, 11) is 0. The van der Waals surface area contributed by atoms with E-state index in [2.05, 4.69) is 36.7 Å². The monoisotopic (exact) mass is 904 g/mol. The van der Waals surface area contributed by atoms with Gasteiger partial charge in [0.25, 0.3) is 0 Å². The van der Waals surface area contributed by atoms with Gasteiger partial charge in [0.05, 0.1) is 0 Å². The largest absolute Gasteiger partial charge is 0.444 e. The van der Waals surface area contributed by atoms with Gasteiger partial charge in [-0.3, -0.25) is 19.3 Å². The molecule has 0 radical (unpaired) electrons. The molecule has 0 saturated carbocycles. The molecule has 4 saturated heterocycles. The summed E-state index contributed by atoms with van der Waals surface area (Å²) in [6.07, 6.45) is 2.20. The zero-order valence-electron chi connectivity index (χ0n) is 37.2. The van der Waals surface area contributed by atoms with E-state index in [1.54, 1.807) is 34.9 Å². The lowest BCUT2D eigenvalue weighted by Gasteiger charge is -2.36. The number of carbonyl (C=O) groups is 5. The molecule has 0 spiro atoms. The Balaban J connectivity index is 0.000000272. The standard InChI is InChI=1S/C22H33ClN4O3.C13H15ClN2O2.C9H18N2O2.CH4/c1-16(28)24-19-7-8-27(15-19)20-13-18(23)6-5-17(20)14-25-9-11-26(12-10-25)21(29)30-22(2,3)4;1-9(18)15-12-4-5-16(7-12)13-6-11(14)3-2-10(13)8-17;1-9(2,3)13-8(12)11-6-4-10-5-7-11;/h5-6,13,19H,7-12,14-15H2,1-4H3,(H,24,28);2-3,6,8,12H,4-5,7H2,1H3,(H,15,18);10H,4-7H2,1-3H3;1H4. The molecule has 6 rings (SSSR count). The molecular weight excluding hydrogens is 835 g/mol. The average molecular weight is 906 g/mol. The zero-order valence-corrected chi connectivity index (χ0v) is 38.7. The minimum absolute atomic E-state index is 0. The highest BCUT2D eigenvalue weighted by molar-refractivity contribution is 6.31. The third kappa shape index (κ3) is 17.5. The van der Waals surface area contributed by atoms with E-state index < -0.39 is 5.60 Å². The molecule has 0 aliphatic carbocycles. The summed E-state index contributed by atoms with van der Waals surface area (Å²) in [6.45, 7) is 24.5. The number of nitrogens with zero attached hydrogens (tertiary/aromatic N) is 5. The first-order valence-corrected chi connectivity index (χ1v) is 21.9. The van der Waals surface area contributed by atoms with Crippen molar-refractivity contribution >= 4 is 64.9 Å². The van der Waals surface area contributed by atoms with E-state index in [0.29, 0.717) is 35.2 Å². The number of rotatable bonds is 7. The Morgan fingerprint density at radius 1 is 0.694 bits per heavy atom. The number of carbonyl (C=O) groups excluding carboxylic acids is 5. The van der Waals surface area contributed by atoms with E-state index in [9.17, 15) is 24.0 Å². The number of benzene rings is 2. The normalized spacial score (nSPS) is 19.2. The highest BCUT2D eigenvalue weighted by Gasteiger charge is 2.29. The maximum atomic E-state index is 12.3. The molecule has 2 atom stereocenters. The number of nitrogens with one attached hydrogen (secondary N) is 3. The molecule has 2 aromatic carbocycles. The van der Waals surface area contributed by atoms with Crippen LogP contribution in [0.15, 0.2) is 36.4 Å². The lowest BCUT2D eigenvalue weighted by atomic mass is 10.1. The van der Waals surface area contributed by atoms with Gasteiger partial charge in [0.15, 0.2) is 6.29 Å². The third-order valence-electron chi connectivity index (χ3n) is 10.2. The first-order chi connectivity index (χ1) is 28.7. The fourth-order valence-electron chi connectivity index (χ4n) is 7.45. The molecule has 2 aromatic rings. The Bertz CT molecular complexity index is 1810. The fourth-order valence-corrected chi connectivity index (χ4v) is 7.79. The van der Waals surface area contributed by atoms with Gasteiger partial charge in [-0.05, 0) is 90.3 Å². The number of ether oxygens (including phenoxy) is 2.